The zero-order valence-corrected chi connectivity index (χ0v) is 11.5. The molecule has 1 N–H and O–H groups in total. The van der Waals surface area contributed by atoms with Crippen LogP contribution in [0.5, 0.6) is 11.5 Å². The van der Waals surface area contributed by atoms with E-state index in [2.05, 4.69) is 4.98 Å². The molecule has 2 heterocycles. The first-order chi connectivity index (χ1) is 10.7. The summed E-state index contributed by atoms with van der Waals surface area (Å²) in [4.78, 5) is 14.4. The predicted octanol–water partition coefficient (Wildman–Crippen LogP) is 1.68. The molecule has 1 aliphatic heterocycles. The van der Waals surface area contributed by atoms with Crippen LogP contribution in [0.2, 0.25) is 0 Å². The van der Waals surface area contributed by atoms with Gasteiger partial charge < -0.3 is 24.7 Å². The van der Waals surface area contributed by atoms with E-state index in [1.807, 2.05) is 12.1 Å². The van der Waals surface area contributed by atoms with Crippen molar-refractivity contribution in [2.24, 2.45) is 0 Å². The molecule has 0 saturated heterocycles. The molecular weight excluding hydrogens is 290 g/mol. The Morgan fingerprint density at radius 1 is 1.36 bits per heavy atom. The molecule has 2 aromatic rings. The molecule has 1 aromatic heterocycles. The Morgan fingerprint density at radius 3 is 2.95 bits per heavy atom. The van der Waals surface area contributed by atoms with Gasteiger partial charge in [-0.2, -0.15) is 0 Å². The Bertz CT molecular complexity index is 738. The minimum atomic E-state index is -0.527. The number of nitro groups is 1. The van der Waals surface area contributed by atoms with Gasteiger partial charge in [0.15, 0.2) is 11.5 Å². The molecule has 0 saturated carbocycles. The zero-order chi connectivity index (χ0) is 15.5. The molecule has 3 rings (SSSR count). The van der Waals surface area contributed by atoms with Crippen molar-refractivity contribution in [1.29, 1.82) is 0 Å². The van der Waals surface area contributed by atoms with Crippen LogP contribution in [-0.4, -0.2) is 33.0 Å². The number of aromatic nitrogens is 2. The molecule has 1 aliphatic rings. The lowest BCUT2D eigenvalue weighted by atomic mass is 10.2. The summed E-state index contributed by atoms with van der Waals surface area (Å²) in [6.45, 7) is 0.106. The molecule has 8 heteroatoms. The van der Waals surface area contributed by atoms with Crippen LogP contribution in [0.4, 0.5) is 5.82 Å². The first-order valence-electron chi connectivity index (χ1n) is 6.57. The van der Waals surface area contributed by atoms with Crippen LogP contribution in [0.1, 0.15) is 11.4 Å². The van der Waals surface area contributed by atoms with Gasteiger partial charge in [-0.15, -0.1) is 0 Å². The normalized spacial score (nSPS) is 13.0. The lowest BCUT2D eigenvalue weighted by molar-refractivity contribution is -0.392. The quantitative estimate of drug-likeness (QED) is 0.666. The number of imidazole rings is 1. The highest BCUT2D eigenvalue weighted by atomic mass is 16.7. The second kappa shape index (κ2) is 5.86. The first kappa shape index (κ1) is 14.1. The highest BCUT2D eigenvalue weighted by Gasteiger charge is 2.18. The number of hydrogen-bond donors (Lipinski definition) is 1. The molecule has 0 fully saturated rings. The van der Waals surface area contributed by atoms with Crippen LogP contribution < -0.4 is 9.47 Å². The van der Waals surface area contributed by atoms with Crippen molar-refractivity contribution in [2.75, 3.05) is 13.4 Å². The summed E-state index contributed by atoms with van der Waals surface area (Å²) in [7, 11) is 0. The average Bonchev–Trinajstić information content (AvgIpc) is 3.11. The minimum Gasteiger partial charge on any atom is -0.454 e. The Labute approximate surface area is 125 Å². The van der Waals surface area contributed by atoms with Gasteiger partial charge in [-0.3, -0.25) is 0 Å². The van der Waals surface area contributed by atoms with E-state index in [0.717, 1.165) is 5.56 Å². The number of hydrogen-bond acceptors (Lipinski definition) is 6. The number of ether oxygens (including phenoxy) is 2. The molecule has 114 valence electrons. The molecule has 0 spiro atoms. The lowest BCUT2D eigenvalue weighted by Crippen LogP contribution is -2.07. The third-order valence-corrected chi connectivity index (χ3v) is 3.20. The van der Waals surface area contributed by atoms with E-state index in [9.17, 15) is 10.1 Å². The number of benzene rings is 1. The molecule has 0 amide bonds. The fourth-order valence-electron chi connectivity index (χ4n) is 2.18. The molecule has 0 atom stereocenters. The summed E-state index contributed by atoms with van der Waals surface area (Å²) in [5, 5.41) is 20.0. The minimum absolute atomic E-state index is 0.108. The molecule has 22 heavy (non-hydrogen) atoms. The van der Waals surface area contributed by atoms with Gasteiger partial charge >= 0.3 is 5.82 Å². The summed E-state index contributed by atoms with van der Waals surface area (Å²) < 4.78 is 11.9. The van der Waals surface area contributed by atoms with E-state index in [1.165, 1.54) is 10.8 Å². The van der Waals surface area contributed by atoms with Crippen molar-refractivity contribution >= 4 is 18.0 Å². The number of aliphatic hydroxyl groups is 1. The first-order valence-corrected chi connectivity index (χ1v) is 6.57. The predicted molar refractivity (Wildman–Crippen MR) is 77.5 cm³/mol. The third kappa shape index (κ3) is 2.63. The standard InChI is InChI=1S/C14H13N3O5/c18-6-5-16-13(15-8-14(16)17(19)20)4-2-10-1-3-11-12(7-10)22-9-21-11/h1-4,7-8,18H,5-6,9H2/b4-2+. The molecule has 0 unspecified atom stereocenters. The van der Waals surface area contributed by atoms with E-state index in [-0.39, 0.29) is 25.8 Å². The molecule has 0 bridgehead atoms. The Kier molecular flexibility index (Phi) is 3.75. The number of nitrogens with zero attached hydrogens (tertiary/aromatic N) is 3. The van der Waals surface area contributed by atoms with E-state index >= 15 is 0 Å². The van der Waals surface area contributed by atoms with Crippen LogP contribution in [0, 0.1) is 10.1 Å². The van der Waals surface area contributed by atoms with Crippen molar-refractivity contribution in [3.63, 3.8) is 0 Å². The maximum atomic E-state index is 10.9. The monoisotopic (exact) mass is 303 g/mol. The zero-order valence-electron chi connectivity index (χ0n) is 11.5. The van der Waals surface area contributed by atoms with Crippen LogP contribution in [0.15, 0.2) is 24.4 Å². The molecule has 0 aliphatic carbocycles. The maximum absolute atomic E-state index is 10.9. The molecule has 0 radical (unpaired) electrons. The van der Waals surface area contributed by atoms with Gasteiger partial charge in [-0.25, -0.2) is 9.55 Å². The summed E-state index contributed by atoms with van der Waals surface area (Å²) in [6, 6.07) is 5.45. The lowest BCUT2D eigenvalue weighted by Gasteiger charge is -2.00. The Hall–Kier alpha value is -2.87. The highest BCUT2D eigenvalue weighted by Crippen LogP contribution is 2.33. The van der Waals surface area contributed by atoms with Crippen LogP contribution in [0.3, 0.4) is 0 Å². The second-order valence-electron chi connectivity index (χ2n) is 4.55. The van der Waals surface area contributed by atoms with Gasteiger partial charge in [-0.1, -0.05) is 6.07 Å². The molecule has 8 nitrogen and oxygen atoms in total. The van der Waals surface area contributed by atoms with E-state index in [1.54, 1.807) is 18.2 Å². The number of fused-ring (bicyclic) bond motifs is 1. The largest absolute Gasteiger partial charge is 0.454 e. The SMILES string of the molecule is O=[N+]([O-])c1cnc(/C=C/c2ccc3c(c2)OCO3)n1CCO. The van der Waals surface area contributed by atoms with Gasteiger partial charge in [0.2, 0.25) is 12.6 Å². The Morgan fingerprint density at radius 2 is 2.18 bits per heavy atom. The molecular formula is C14H13N3O5. The van der Waals surface area contributed by atoms with Gasteiger partial charge in [-0.05, 0) is 28.7 Å². The summed E-state index contributed by atoms with van der Waals surface area (Å²) in [5.74, 6) is 1.60. The van der Waals surface area contributed by atoms with Crippen molar-refractivity contribution in [2.45, 2.75) is 6.54 Å². The smallest absolute Gasteiger partial charge is 0.343 e. The van der Waals surface area contributed by atoms with Crippen LogP contribution in [-0.2, 0) is 6.54 Å². The molecule has 1 aromatic carbocycles. The fourth-order valence-corrected chi connectivity index (χ4v) is 2.18. The fraction of sp³-hybridized carbons (Fsp3) is 0.214. The van der Waals surface area contributed by atoms with Crippen molar-refractivity contribution in [3.05, 3.63) is 45.9 Å². The van der Waals surface area contributed by atoms with Crippen LogP contribution >= 0.6 is 0 Å². The topological polar surface area (TPSA) is 99.7 Å². The van der Waals surface area contributed by atoms with E-state index < -0.39 is 4.92 Å². The Balaban J connectivity index is 1.87. The highest BCUT2D eigenvalue weighted by molar-refractivity contribution is 5.69. The summed E-state index contributed by atoms with van der Waals surface area (Å²) in [6.07, 6.45) is 4.59. The average molecular weight is 303 g/mol. The number of aliphatic hydroxyl groups excluding tert-OH is 1. The van der Waals surface area contributed by atoms with Gasteiger partial charge in [0.05, 0.1) is 6.61 Å². The van der Waals surface area contributed by atoms with Crippen molar-refractivity contribution in [1.82, 2.24) is 9.55 Å². The summed E-state index contributed by atoms with van der Waals surface area (Å²) >= 11 is 0. The van der Waals surface area contributed by atoms with Crippen molar-refractivity contribution in [3.8, 4) is 11.5 Å². The van der Waals surface area contributed by atoms with Gasteiger partial charge in [0.25, 0.3) is 0 Å². The van der Waals surface area contributed by atoms with Crippen molar-refractivity contribution < 1.29 is 19.5 Å². The summed E-state index contributed by atoms with van der Waals surface area (Å²) in [5.41, 5.74) is 0.852. The second-order valence-corrected chi connectivity index (χ2v) is 4.55. The number of rotatable bonds is 5. The van der Waals surface area contributed by atoms with Gasteiger partial charge in [0.1, 0.15) is 12.7 Å². The van der Waals surface area contributed by atoms with E-state index in [0.29, 0.717) is 17.3 Å². The van der Waals surface area contributed by atoms with Crippen LogP contribution in [0.25, 0.3) is 12.2 Å². The van der Waals surface area contributed by atoms with E-state index in [4.69, 9.17) is 14.6 Å². The maximum Gasteiger partial charge on any atom is 0.343 e. The third-order valence-electron chi connectivity index (χ3n) is 3.20. The van der Waals surface area contributed by atoms with Gasteiger partial charge in [0, 0.05) is 6.08 Å².